The van der Waals surface area contributed by atoms with Crippen molar-refractivity contribution >= 4 is 6.09 Å². The molecular formula is C16H33N3O2. The van der Waals surface area contributed by atoms with Gasteiger partial charge in [0.25, 0.3) is 0 Å². The van der Waals surface area contributed by atoms with E-state index in [9.17, 15) is 4.79 Å². The van der Waals surface area contributed by atoms with Crippen LogP contribution in [-0.2, 0) is 4.74 Å². The molecule has 124 valence electrons. The molecule has 0 aliphatic carbocycles. The highest BCUT2D eigenvalue weighted by Crippen LogP contribution is 2.12. The summed E-state index contributed by atoms with van der Waals surface area (Å²) < 4.78 is 5.30. The average Bonchev–Trinajstić information content (AvgIpc) is 2.81. The van der Waals surface area contributed by atoms with Crippen LogP contribution in [-0.4, -0.2) is 54.4 Å². The maximum atomic E-state index is 11.8. The number of hydrogen-bond donors (Lipinski definition) is 2. The van der Waals surface area contributed by atoms with Crippen molar-refractivity contribution in [2.75, 3.05) is 19.6 Å². The van der Waals surface area contributed by atoms with E-state index >= 15 is 0 Å². The largest absolute Gasteiger partial charge is 0.444 e. The minimum Gasteiger partial charge on any atom is -0.444 e. The monoisotopic (exact) mass is 299 g/mol. The number of carbonyl (C=O) groups is 1. The van der Waals surface area contributed by atoms with Crippen LogP contribution in [0.4, 0.5) is 4.79 Å². The topological polar surface area (TPSA) is 53.6 Å². The van der Waals surface area contributed by atoms with Gasteiger partial charge in [-0.15, -0.1) is 0 Å². The molecule has 5 nitrogen and oxygen atoms in total. The zero-order valence-corrected chi connectivity index (χ0v) is 14.5. The van der Waals surface area contributed by atoms with Crippen LogP contribution >= 0.6 is 0 Å². The van der Waals surface area contributed by atoms with Crippen molar-refractivity contribution in [3.05, 3.63) is 0 Å². The molecule has 21 heavy (non-hydrogen) atoms. The van der Waals surface area contributed by atoms with E-state index in [-0.39, 0.29) is 12.1 Å². The lowest BCUT2D eigenvalue weighted by atomic mass is 10.2. The molecule has 2 atom stereocenters. The van der Waals surface area contributed by atoms with Crippen LogP contribution in [0.1, 0.15) is 54.4 Å². The molecule has 2 N–H and O–H groups in total. The maximum Gasteiger partial charge on any atom is 0.407 e. The molecule has 0 saturated carbocycles. The van der Waals surface area contributed by atoms with Crippen molar-refractivity contribution in [1.29, 1.82) is 0 Å². The van der Waals surface area contributed by atoms with Crippen LogP contribution in [0, 0.1) is 0 Å². The van der Waals surface area contributed by atoms with Gasteiger partial charge in [-0.1, -0.05) is 6.92 Å². The molecule has 0 aromatic heterocycles. The first-order valence-corrected chi connectivity index (χ1v) is 8.18. The molecule has 1 rings (SSSR count). The van der Waals surface area contributed by atoms with E-state index in [1.807, 2.05) is 20.8 Å². The molecule has 2 unspecified atom stereocenters. The molecule has 1 fully saturated rings. The number of likely N-dealkylation sites (tertiary alicyclic amines) is 1. The van der Waals surface area contributed by atoms with Gasteiger partial charge in [0.05, 0.1) is 0 Å². The molecule has 0 radical (unpaired) electrons. The number of rotatable bonds is 6. The fourth-order valence-electron chi connectivity index (χ4n) is 2.50. The lowest BCUT2D eigenvalue weighted by molar-refractivity contribution is 0.0502. The third kappa shape index (κ3) is 7.14. The van der Waals surface area contributed by atoms with E-state index < -0.39 is 5.60 Å². The molecule has 0 aromatic rings. The molecule has 1 aliphatic rings. The zero-order valence-electron chi connectivity index (χ0n) is 14.5. The first-order valence-electron chi connectivity index (χ1n) is 8.18. The minimum absolute atomic E-state index is 0.118. The zero-order chi connectivity index (χ0) is 16.0. The van der Waals surface area contributed by atoms with Crippen LogP contribution < -0.4 is 10.6 Å². The summed E-state index contributed by atoms with van der Waals surface area (Å²) in [5.74, 6) is 0. The van der Waals surface area contributed by atoms with E-state index in [2.05, 4.69) is 36.3 Å². The van der Waals surface area contributed by atoms with Crippen LogP contribution in [0.25, 0.3) is 0 Å². The molecule has 1 heterocycles. The molecule has 5 heteroatoms. The van der Waals surface area contributed by atoms with Gasteiger partial charge in [0.1, 0.15) is 5.60 Å². The number of carbonyl (C=O) groups excluding carboxylic acids is 1. The Balaban J connectivity index is 2.30. The smallest absolute Gasteiger partial charge is 0.407 e. The predicted molar refractivity (Wildman–Crippen MR) is 86.6 cm³/mol. The van der Waals surface area contributed by atoms with Crippen LogP contribution in [0.2, 0.25) is 0 Å². The molecule has 1 aliphatic heterocycles. The number of alkyl carbamates (subject to hydrolysis) is 1. The third-order valence-electron chi connectivity index (χ3n) is 3.82. The number of amides is 1. The quantitative estimate of drug-likeness (QED) is 0.790. The van der Waals surface area contributed by atoms with Crippen molar-refractivity contribution in [2.24, 2.45) is 0 Å². The first kappa shape index (κ1) is 18.2. The van der Waals surface area contributed by atoms with Gasteiger partial charge >= 0.3 is 6.09 Å². The minimum atomic E-state index is -0.445. The molecule has 1 saturated heterocycles. The highest BCUT2D eigenvalue weighted by Gasteiger charge is 2.25. The Hall–Kier alpha value is -0.810. The third-order valence-corrected chi connectivity index (χ3v) is 3.82. The van der Waals surface area contributed by atoms with Crippen LogP contribution in [0.15, 0.2) is 0 Å². The summed E-state index contributed by atoms with van der Waals surface area (Å²) in [6.07, 6.45) is 1.75. The van der Waals surface area contributed by atoms with E-state index in [4.69, 9.17) is 4.74 Å². The summed E-state index contributed by atoms with van der Waals surface area (Å²) in [5.41, 5.74) is -0.445. The Morgan fingerprint density at radius 1 is 1.38 bits per heavy atom. The second-order valence-corrected chi connectivity index (χ2v) is 7.23. The van der Waals surface area contributed by atoms with Crippen molar-refractivity contribution in [1.82, 2.24) is 15.5 Å². The Kier molecular flexibility index (Phi) is 6.94. The van der Waals surface area contributed by atoms with Crippen molar-refractivity contribution in [2.45, 2.75) is 78.1 Å². The molecule has 1 amide bonds. The summed E-state index contributed by atoms with van der Waals surface area (Å²) in [7, 11) is 0. The van der Waals surface area contributed by atoms with Gasteiger partial charge in [0.15, 0.2) is 0 Å². The van der Waals surface area contributed by atoms with Gasteiger partial charge in [0.2, 0.25) is 0 Å². The predicted octanol–water partition coefficient (Wildman–Crippen LogP) is 2.36. The van der Waals surface area contributed by atoms with Gasteiger partial charge in [-0.3, -0.25) is 4.90 Å². The number of nitrogens with one attached hydrogen (secondary N) is 2. The molecule has 0 spiro atoms. The van der Waals surface area contributed by atoms with E-state index in [0.29, 0.717) is 12.1 Å². The summed E-state index contributed by atoms with van der Waals surface area (Å²) in [5, 5.41) is 6.52. The average molecular weight is 299 g/mol. The molecule has 0 aromatic carbocycles. The second-order valence-electron chi connectivity index (χ2n) is 7.23. The van der Waals surface area contributed by atoms with Crippen molar-refractivity contribution in [3.63, 3.8) is 0 Å². The fourth-order valence-corrected chi connectivity index (χ4v) is 2.50. The van der Waals surface area contributed by atoms with Gasteiger partial charge in [-0.05, 0) is 54.0 Å². The standard InChI is InChI=1S/C16H33N3O2/c1-7-13(18-15(20)21-16(4,5)6)10-17-14-8-9-19(11-14)12(2)3/h12-14,17H,7-11H2,1-6H3,(H,18,20). The van der Waals surface area contributed by atoms with Gasteiger partial charge < -0.3 is 15.4 Å². The Morgan fingerprint density at radius 3 is 2.52 bits per heavy atom. The highest BCUT2D eigenvalue weighted by molar-refractivity contribution is 5.68. The summed E-state index contributed by atoms with van der Waals surface area (Å²) in [4.78, 5) is 14.3. The van der Waals surface area contributed by atoms with E-state index in [0.717, 1.165) is 26.1 Å². The Labute approximate surface area is 129 Å². The normalized spacial score (nSPS) is 21.6. The number of nitrogens with zero attached hydrogens (tertiary/aromatic N) is 1. The Morgan fingerprint density at radius 2 is 2.05 bits per heavy atom. The summed E-state index contributed by atoms with van der Waals surface area (Å²) >= 11 is 0. The summed E-state index contributed by atoms with van der Waals surface area (Å²) in [6.45, 7) is 15.3. The van der Waals surface area contributed by atoms with Crippen LogP contribution in [0.5, 0.6) is 0 Å². The second kappa shape index (κ2) is 7.99. The van der Waals surface area contributed by atoms with Crippen molar-refractivity contribution < 1.29 is 9.53 Å². The first-order chi connectivity index (χ1) is 9.71. The van der Waals surface area contributed by atoms with E-state index in [1.165, 1.54) is 6.42 Å². The number of ether oxygens (including phenoxy) is 1. The Bertz CT molecular complexity index is 326. The highest BCUT2D eigenvalue weighted by atomic mass is 16.6. The number of hydrogen-bond acceptors (Lipinski definition) is 4. The van der Waals surface area contributed by atoms with Crippen molar-refractivity contribution in [3.8, 4) is 0 Å². The summed E-state index contributed by atoms with van der Waals surface area (Å²) in [6, 6.07) is 1.26. The van der Waals surface area contributed by atoms with Gasteiger partial charge in [0, 0.05) is 31.2 Å². The van der Waals surface area contributed by atoms with Gasteiger partial charge in [-0.25, -0.2) is 4.79 Å². The van der Waals surface area contributed by atoms with Gasteiger partial charge in [-0.2, -0.15) is 0 Å². The van der Waals surface area contributed by atoms with Crippen LogP contribution in [0.3, 0.4) is 0 Å². The molecular weight excluding hydrogens is 266 g/mol. The SMILES string of the molecule is CCC(CNC1CCN(C(C)C)C1)NC(=O)OC(C)(C)C. The maximum absolute atomic E-state index is 11.8. The molecule has 0 bridgehead atoms. The lowest BCUT2D eigenvalue weighted by Gasteiger charge is -2.25. The van der Waals surface area contributed by atoms with E-state index in [1.54, 1.807) is 0 Å². The fraction of sp³-hybridized carbons (Fsp3) is 0.938. The lowest BCUT2D eigenvalue weighted by Crippen LogP contribution is -2.46.